The smallest absolute Gasteiger partial charge is 0.408 e. The van der Waals surface area contributed by atoms with Crippen LogP contribution in [0.1, 0.15) is 37.3 Å². The molecule has 3 atom stereocenters. The van der Waals surface area contributed by atoms with E-state index in [1.807, 2.05) is 24.3 Å². The lowest BCUT2D eigenvalue weighted by Gasteiger charge is -2.47. The number of carboxylic acid groups (broad SMARTS) is 1. The molecular weight excluding hydrogens is 427 g/mol. The van der Waals surface area contributed by atoms with Crippen LogP contribution < -0.4 is 0 Å². The fourth-order valence-corrected chi connectivity index (χ4v) is 5.16. The third-order valence-electron chi connectivity index (χ3n) is 6.09. The van der Waals surface area contributed by atoms with Crippen LogP contribution in [0.3, 0.4) is 0 Å². The van der Waals surface area contributed by atoms with Gasteiger partial charge in [0.25, 0.3) is 0 Å². The van der Waals surface area contributed by atoms with Crippen LogP contribution in [0.15, 0.2) is 36.7 Å². The minimum atomic E-state index is -0.893. The summed E-state index contributed by atoms with van der Waals surface area (Å²) < 4.78 is 7.85. The summed E-state index contributed by atoms with van der Waals surface area (Å²) >= 11 is 12.6. The summed E-state index contributed by atoms with van der Waals surface area (Å²) in [5.74, 6) is 0. The molecule has 3 unspecified atom stereocenters. The molecule has 0 bridgehead atoms. The van der Waals surface area contributed by atoms with Crippen LogP contribution in [0.5, 0.6) is 0 Å². The highest BCUT2D eigenvalue weighted by Crippen LogP contribution is 2.37. The Hall–Kier alpha value is -2.35. The van der Waals surface area contributed by atoms with Gasteiger partial charge < -0.3 is 9.84 Å². The SMILES string of the molecule is O=C(O)N1C(c2ccc(-n3c(Cl)cc4c(Cl)ncnc43)cc2)COC2CCCCC21. The molecule has 2 fully saturated rings. The molecule has 7 nitrogen and oxygen atoms in total. The van der Waals surface area contributed by atoms with E-state index >= 15 is 0 Å². The lowest BCUT2D eigenvalue weighted by atomic mass is 9.88. The average molecular weight is 447 g/mol. The van der Waals surface area contributed by atoms with Crippen molar-refractivity contribution in [1.82, 2.24) is 19.4 Å². The molecule has 0 spiro atoms. The first-order valence-electron chi connectivity index (χ1n) is 9.95. The summed E-state index contributed by atoms with van der Waals surface area (Å²) in [6.07, 6.45) is 4.39. The van der Waals surface area contributed by atoms with Crippen molar-refractivity contribution in [2.24, 2.45) is 0 Å². The molecule has 1 amide bonds. The molecular formula is C21H20Cl2N4O3. The molecule has 1 aliphatic heterocycles. The zero-order chi connectivity index (χ0) is 20.8. The highest BCUT2D eigenvalue weighted by atomic mass is 35.5. The average Bonchev–Trinajstić information content (AvgIpc) is 3.10. The van der Waals surface area contributed by atoms with Crippen LogP contribution >= 0.6 is 23.2 Å². The summed E-state index contributed by atoms with van der Waals surface area (Å²) in [6.45, 7) is 0.364. The van der Waals surface area contributed by atoms with E-state index in [1.165, 1.54) is 6.33 Å². The predicted octanol–water partition coefficient (Wildman–Crippen LogP) is 5.09. The third-order valence-corrected chi connectivity index (χ3v) is 6.67. The number of halogens is 2. The first-order chi connectivity index (χ1) is 14.5. The lowest BCUT2D eigenvalue weighted by Crippen LogP contribution is -2.55. The molecule has 1 N–H and O–H groups in total. The van der Waals surface area contributed by atoms with Gasteiger partial charge in [0.05, 0.1) is 30.2 Å². The van der Waals surface area contributed by atoms with Gasteiger partial charge in [-0.2, -0.15) is 0 Å². The van der Waals surface area contributed by atoms with Crippen LogP contribution in [0, 0.1) is 0 Å². The number of nitrogens with zero attached hydrogens (tertiary/aromatic N) is 4. The van der Waals surface area contributed by atoms with E-state index < -0.39 is 6.09 Å². The van der Waals surface area contributed by atoms with Gasteiger partial charge in [0.15, 0.2) is 5.65 Å². The van der Waals surface area contributed by atoms with E-state index in [0.29, 0.717) is 27.9 Å². The Morgan fingerprint density at radius 3 is 2.67 bits per heavy atom. The quantitative estimate of drug-likeness (QED) is 0.554. The highest BCUT2D eigenvalue weighted by molar-refractivity contribution is 6.36. The number of hydrogen-bond donors (Lipinski definition) is 1. The summed E-state index contributed by atoms with van der Waals surface area (Å²) in [7, 11) is 0. The number of ether oxygens (including phenoxy) is 1. The minimum absolute atomic E-state index is 0.000138. The molecule has 1 aliphatic carbocycles. The van der Waals surface area contributed by atoms with Crippen LogP contribution in [-0.2, 0) is 4.74 Å². The van der Waals surface area contributed by atoms with E-state index in [1.54, 1.807) is 15.5 Å². The topological polar surface area (TPSA) is 80.5 Å². The maximum absolute atomic E-state index is 12.1. The molecule has 5 rings (SSSR count). The molecule has 3 heterocycles. The predicted molar refractivity (Wildman–Crippen MR) is 113 cm³/mol. The van der Waals surface area contributed by atoms with Crippen LogP contribution in [0.25, 0.3) is 16.7 Å². The second-order valence-electron chi connectivity index (χ2n) is 7.72. The Balaban J connectivity index is 1.49. The van der Waals surface area contributed by atoms with E-state index in [2.05, 4.69) is 9.97 Å². The molecule has 1 aromatic carbocycles. The number of carbonyl (C=O) groups is 1. The van der Waals surface area contributed by atoms with Gasteiger partial charge in [-0.3, -0.25) is 9.47 Å². The van der Waals surface area contributed by atoms with Crippen molar-refractivity contribution in [2.45, 2.75) is 43.9 Å². The van der Waals surface area contributed by atoms with Gasteiger partial charge >= 0.3 is 6.09 Å². The van der Waals surface area contributed by atoms with E-state index in [9.17, 15) is 9.90 Å². The molecule has 0 radical (unpaired) electrons. The first-order valence-corrected chi connectivity index (χ1v) is 10.7. The lowest BCUT2D eigenvalue weighted by molar-refractivity contribution is -0.108. The van der Waals surface area contributed by atoms with Crippen molar-refractivity contribution in [2.75, 3.05) is 6.61 Å². The number of benzene rings is 1. The van der Waals surface area contributed by atoms with E-state index in [-0.39, 0.29) is 18.2 Å². The monoisotopic (exact) mass is 446 g/mol. The van der Waals surface area contributed by atoms with Gasteiger partial charge in [0, 0.05) is 5.69 Å². The van der Waals surface area contributed by atoms with Crippen molar-refractivity contribution < 1.29 is 14.6 Å². The van der Waals surface area contributed by atoms with Crippen LogP contribution in [-0.4, -0.2) is 49.4 Å². The minimum Gasteiger partial charge on any atom is -0.465 e. The molecule has 2 aromatic heterocycles. The largest absolute Gasteiger partial charge is 0.465 e. The Bertz CT molecular complexity index is 1100. The van der Waals surface area contributed by atoms with Crippen molar-refractivity contribution in [3.05, 3.63) is 52.5 Å². The van der Waals surface area contributed by atoms with Gasteiger partial charge in [0.1, 0.15) is 16.6 Å². The van der Waals surface area contributed by atoms with Gasteiger partial charge in [-0.25, -0.2) is 14.8 Å². The highest BCUT2D eigenvalue weighted by Gasteiger charge is 2.42. The molecule has 1 saturated heterocycles. The Morgan fingerprint density at radius 2 is 1.90 bits per heavy atom. The zero-order valence-corrected chi connectivity index (χ0v) is 17.6. The Kier molecular flexibility index (Phi) is 5.05. The number of rotatable bonds is 2. The van der Waals surface area contributed by atoms with Crippen LogP contribution in [0.2, 0.25) is 10.3 Å². The fourth-order valence-electron chi connectivity index (χ4n) is 4.69. The normalized spacial score (nSPS) is 24.1. The second kappa shape index (κ2) is 7.72. The summed E-state index contributed by atoms with van der Waals surface area (Å²) in [4.78, 5) is 22.0. The second-order valence-corrected chi connectivity index (χ2v) is 8.47. The maximum atomic E-state index is 12.1. The Morgan fingerprint density at radius 1 is 1.13 bits per heavy atom. The number of fused-ring (bicyclic) bond motifs is 2. The molecule has 30 heavy (non-hydrogen) atoms. The molecule has 2 aliphatic rings. The van der Waals surface area contributed by atoms with Crippen molar-refractivity contribution in [1.29, 1.82) is 0 Å². The van der Waals surface area contributed by atoms with Gasteiger partial charge in [-0.15, -0.1) is 0 Å². The number of amides is 1. The Labute approximate surface area is 183 Å². The molecule has 9 heteroatoms. The standard InChI is InChI=1S/C21H20Cl2N4O3/c22-18-9-14-19(23)24-11-25-20(14)26(18)13-7-5-12(6-8-13)16-10-30-17-4-2-1-3-15(17)27(16)21(28)29/h5-9,11,15-17H,1-4,10H2,(H,28,29). The zero-order valence-electron chi connectivity index (χ0n) is 16.0. The third kappa shape index (κ3) is 3.21. The maximum Gasteiger partial charge on any atom is 0.408 e. The van der Waals surface area contributed by atoms with E-state index in [4.69, 9.17) is 27.9 Å². The molecule has 1 saturated carbocycles. The number of morpholine rings is 1. The van der Waals surface area contributed by atoms with Gasteiger partial charge in [-0.05, 0) is 36.6 Å². The first kappa shape index (κ1) is 19.6. The van der Waals surface area contributed by atoms with E-state index in [0.717, 1.165) is 36.9 Å². The van der Waals surface area contributed by atoms with Crippen molar-refractivity contribution in [3.8, 4) is 5.69 Å². The molecule has 156 valence electrons. The number of aromatic nitrogens is 3. The summed E-state index contributed by atoms with van der Waals surface area (Å²) in [5, 5.41) is 11.4. The number of hydrogen-bond acceptors (Lipinski definition) is 4. The van der Waals surface area contributed by atoms with Crippen LogP contribution in [0.4, 0.5) is 4.79 Å². The summed E-state index contributed by atoms with van der Waals surface area (Å²) in [6, 6.07) is 8.98. The van der Waals surface area contributed by atoms with Gasteiger partial charge in [0.2, 0.25) is 0 Å². The van der Waals surface area contributed by atoms with Crippen molar-refractivity contribution >= 4 is 40.3 Å². The summed E-state index contributed by atoms with van der Waals surface area (Å²) in [5.41, 5.74) is 2.32. The van der Waals surface area contributed by atoms with Gasteiger partial charge in [-0.1, -0.05) is 48.2 Å². The molecule has 3 aromatic rings. The van der Waals surface area contributed by atoms with Crippen molar-refractivity contribution in [3.63, 3.8) is 0 Å². The fraction of sp³-hybridized carbons (Fsp3) is 0.381.